The van der Waals surface area contributed by atoms with Gasteiger partial charge < -0.3 is 16.0 Å². The standard InChI is InChI=1S/C12H14N6/c1-3-13-4-2-9(1)17-11-5-12(16-8-15-11)18-10-6-14-7-10/h1-5,8,10,14H,6-7H2,(H2,13,15,16,17,18). The van der Waals surface area contributed by atoms with E-state index in [4.69, 9.17) is 0 Å². The first-order valence-corrected chi connectivity index (χ1v) is 5.86. The van der Waals surface area contributed by atoms with E-state index in [2.05, 4.69) is 30.9 Å². The average Bonchev–Trinajstić information content (AvgIpc) is 2.36. The largest absolute Gasteiger partial charge is 0.365 e. The number of hydrogen-bond donors (Lipinski definition) is 3. The third-order valence-corrected chi connectivity index (χ3v) is 2.75. The smallest absolute Gasteiger partial charge is 0.135 e. The summed E-state index contributed by atoms with van der Waals surface area (Å²) in [5.74, 6) is 1.61. The van der Waals surface area contributed by atoms with E-state index in [1.165, 1.54) is 0 Å². The predicted octanol–water partition coefficient (Wildman–Crippen LogP) is 0.999. The molecule has 1 saturated heterocycles. The molecule has 3 rings (SSSR count). The van der Waals surface area contributed by atoms with Crippen LogP contribution in [-0.2, 0) is 0 Å². The minimum atomic E-state index is 0.466. The van der Waals surface area contributed by atoms with Crippen LogP contribution >= 0.6 is 0 Å². The lowest BCUT2D eigenvalue weighted by Gasteiger charge is -2.28. The summed E-state index contributed by atoms with van der Waals surface area (Å²) in [6.45, 7) is 1.97. The van der Waals surface area contributed by atoms with Gasteiger partial charge in [0, 0.05) is 37.2 Å². The minimum Gasteiger partial charge on any atom is -0.365 e. The van der Waals surface area contributed by atoms with Crippen molar-refractivity contribution in [3.05, 3.63) is 36.9 Å². The predicted molar refractivity (Wildman–Crippen MR) is 69.8 cm³/mol. The van der Waals surface area contributed by atoms with E-state index in [9.17, 15) is 0 Å². The lowest BCUT2D eigenvalue weighted by molar-refractivity contribution is 0.471. The number of hydrogen-bond acceptors (Lipinski definition) is 6. The van der Waals surface area contributed by atoms with Gasteiger partial charge in [0.1, 0.15) is 18.0 Å². The molecule has 6 nitrogen and oxygen atoms in total. The van der Waals surface area contributed by atoms with Crippen LogP contribution < -0.4 is 16.0 Å². The molecule has 1 aliphatic heterocycles. The summed E-state index contributed by atoms with van der Waals surface area (Å²) in [6.07, 6.45) is 5.03. The van der Waals surface area contributed by atoms with Gasteiger partial charge in [0.05, 0.1) is 6.04 Å². The highest BCUT2D eigenvalue weighted by molar-refractivity contribution is 5.58. The molecule has 0 aromatic carbocycles. The van der Waals surface area contributed by atoms with E-state index >= 15 is 0 Å². The zero-order chi connectivity index (χ0) is 12.2. The zero-order valence-electron chi connectivity index (χ0n) is 9.80. The maximum atomic E-state index is 4.20. The SMILES string of the molecule is c1cc(Nc2cc(NC3CNC3)ncn2)ccn1. The fraction of sp³-hybridized carbons (Fsp3) is 0.250. The van der Waals surface area contributed by atoms with Crippen LogP contribution in [0.15, 0.2) is 36.9 Å². The van der Waals surface area contributed by atoms with Crippen molar-refractivity contribution in [2.24, 2.45) is 0 Å². The Morgan fingerprint density at radius 1 is 1.11 bits per heavy atom. The molecule has 1 fully saturated rings. The molecule has 0 radical (unpaired) electrons. The molecule has 3 heterocycles. The van der Waals surface area contributed by atoms with Crippen molar-refractivity contribution in [3.8, 4) is 0 Å². The number of pyridine rings is 1. The lowest BCUT2D eigenvalue weighted by Crippen LogP contribution is -2.51. The van der Waals surface area contributed by atoms with E-state index in [0.29, 0.717) is 6.04 Å². The normalized spacial score (nSPS) is 14.9. The number of rotatable bonds is 4. The number of nitrogens with zero attached hydrogens (tertiary/aromatic N) is 3. The van der Waals surface area contributed by atoms with Gasteiger partial charge in [-0.15, -0.1) is 0 Å². The van der Waals surface area contributed by atoms with Gasteiger partial charge in [0.15, 0.2) is 0 Å². The summed E-state index contributed by atoms with van der Waals surface area (Å²) in [7, 11) is 0. The molecule has 2 aromatic heterocycles. The number of anilines is 3. The Balaban J connectivity index is 1.70. The van der Waals surface area contributed by atoms with Crippen LogP contribution in [0, 0.1) is 0 Å². The zero-order valence-corrected chi connectivity index (χ0v) is 9.80. The fourth-order valence-corrected chi connectivity index (χ4v) is 1.69. The first kappa shape index (κ1) is 10.9. The Morgan fingerprint density at radius 2 is 1.89 bits per heavy atom. The van der Waals surface area contributed by atoms with E-state index in [1.54, 1.807) is 18.7 Å². The van der Waals surface area contributed by atoms with E-state index in [-0.39, 0.29) is 0 Å². The summed E-state index contributed by atoms with van der Waals surface area (Å²) >= 11 is 0. The van der Waals surface area contributed by atoms with Crippen LogP contribution in [0.25, 0.3) is 0 Å². The molecule has 0 bridgehead atoms. The molecule has 6 heteroatoms. The molecule has 3 N–H and O–H groups in total. The summed E-state index contributed by atoms with van der Waals surface area (Å²) < 4.78 is 0. The highest BCUT2D eigenvalue weighted by Gasteiger charge is 2.16. The van der Waals surface area contributed by atoms with Gasteiger partial charge in [-0.05, 0) is 12.1 Å². The molecule has 0 aliphatic carbocycles. The van der Waals surface area contributed by atoms with E-state index in [1.807, 2.05) is 18.2 Å². The second-order valence-corrected chi connectivity index (χ2v) is 4.15. The molecule has 92 valence electrons. The molecule has 0 spiro atoms. The van der Waals surface area contributed by atoms with Gasteiger partial charge in [0.25, 0.3) is 0 Å². The van der Waals surface area contributed by atoms with Gasteiger partial charge in [0.2, 0.25) is 0 Å². The van der Waals surface area contributed by atoms with Crippen molar-refractivity contribution in [3.63, 3.8) is 0 Å². The molecule has 1 aliphatic rings. The maximum Gasteiger partial charge on any atom is 0.135 e. The monoisotopic (exact) mass is 242 g/mol. The van der Waals surface area contributed by atoms with Crippen molar-refractivity contribution in [1.82, 2.24) is 20.3 Å². The van der Waals surface area contributed by atoms with Gasteiger partial charge >= 0.3 is 0 Å². The second-order valence-electron chi connectivity index (χ2n) is 4.15. The van der Waals surface area contributed by atoms with Crippen molar-refractivity contribution in [2.75, 3.05) is 23.7 Å². The maximum absolute atomic E-state index is 4.20. The van der Waals surface area contributed by atoms with Crippen LogP contribution in [-0.4, -0.2) is 34.1 Å². The first-order valence-electron chi connectivity index (χ1n) is 5.86. The van der Waals surface area contributed by atoms with Crippen LogP contribution in [0.4, 0.5) is 17.3 Å². The highest BCUT2D eigenvalue weighted by Crippen LogP contribution is 2.15. The Labute approximate surface area is 105 Å². The van der Waals surface area contributed by atoms with Gasteiger partial charge in [-0.25, -0.2) is 9.97 Å². The van der Waals surface area contributed by atoms with Crippen LogP contribution in [0.2, 0.25) is 0 Å². The third-order valence-electron chi connectivity index (χ3n) is 2.75. The quantitative estimate of drug-likeness (QED) is 0.742. The summed E-state index contributed by atoms with van der Waals surface area (Å²) in [4.78, 5) is 12.4. The van der Waals surface area contributed by atoms with Crippen molar-refractivity contribution >= 4 is 17.3 Å². The van der Waals surface area contributed by atoms with Crippen LogP contribution in [0.3, 0.4) is 0 Å². The Bertz CT molecular complexity index is 511. The fourth-order valence-electron chi connectivity index (χ4n) is 1.69. The van der Waals surface area contributed by atoms with Crippen LogP contribution in [0.1, 0.15) is 0 Å². The van der Waals surface area contributed by atoms with Gasteiger partial charge in [-0.1, -0.05) is 0 Å². The number of nitrogens with one attached hydrogen (secondary N) is 3. The molecular weight excluding hydrogens is 228 g/mol. The van der Waals surface area contributed by atoms with Crippen molar-refractivity contribution < 1.29 is 0 Å². The summed E-state index contributed by atoms with van der Waals surface area (Å²) in [5.41, 5.74) is 0.958. The van der Waals surface area contributed by atoms with E-state index < -0.39 is 0 Å². The topological polar surface area (TPSA) is 74.8 Å². The molecule has 0 atom stereocenters. The van der Waals surface area contributed by atoms with Crippen molar-refractivity contribution in [1.29, 1.82) is 0 Å². The molecular formula is C12H14N6. The van der Waals surface area contributed by atoms with Crippen molar-refractivity contribution in [2.45, 2.75) is 6.04 Å². The lowest BCUT2D eigenvalue weighted by atomic mass is 10.2. The Kier molecular flexibility index (Phi) is 3.01. The summed E-state index contributed by atoms with van der Waals surface area (Å²) in [6, 6.07) is 6.16. The minimum absolute atomic E-state index is 0.466. The molecule has 0 saturated carbocycles. The molecule has 0 amide bonds. The van der Waals surface area contributed by atoms with Gasteiger partial charge in [-0.2, -0.15) is 0 Å². The number of aromatic nitrogens is 3. The summed E-state index contributed by atoms with van der Waals surface area (Å²) in [5, 5.41) is 9.75. The third kappa shape index (κ3) is 2.54. The van der Waals surface area contributed by atoms with E-state index in [0.717, 1.165) is 30.4 Å². The first-order chi connectivity index (χ1) is 8.90. The molecule has 18 heavy (non-hydrogen) atoms. The average molecular weight is 242 g/mol. The van der Waals surface area contributed by atoms with Crippen LogP contribution in [0.5, 0.6) is 0 Å². The Morgan fingerprint density at radius 3 is 2.61 bits per heavy atom. The molecule has 2 aromatic rings. The molecule has 0 unspecified atom stereocenters. The second kappa shape index (κ2) is 4.97. The highest BCUT2D eigenvalue weighted by atomic mass is 15.1. The van der Waals surface area contributed by atoms with Gasteiger partial charge in [-0.3, -0.25) is 4.98 Å². The Hall–Kier alpha value is -2.21.